The van der Waals surface area contributed by atoms with Crippen LogP contribution in [0, 0.1) is 9.39 Å². The highest BCUT2D eigenvalue weighted by atomic mass is 127. The molecule has 0 saturated heterocycles. The Hall–Kier alpha value is -3.77. The number of rotatable bonds is 13. The Labute approximate surface area is 265 Å². The molecule has 0 bridgehead atoms. The fourth-order valence-corrected chi connectivity index (χ4v) is 6.36. The number of hydrogen-bond acceptors (Lipinski definition) is 4. The van der Waals surface area contributed by atoms with Gasteiger partial charge in [-0.1, -0.05) is 67.6 Å². The van der Waals surface area contributed by atoms with Crippen molar-refractivity contribution < 1.29 is 22.4 Å². The summed E-state index contributed by atoms with van der Waals surface area (Å²) in [4.78, 5) is 29.4. The lowest BCUT2D eigenvalue weighted by molar-refractivity contribution is -0.140. The highest BCUT2D eigenvalue weighted by Crippen LogP contribution is 2.26. The van der Waals surface area contributed by atoms with E-state index in [1.54, 1.807) is 54.6 Å². The molecule has 4 aromatic carbocycles. The van der Waals surface area contributed by atoms with Gasteiger partial charge in [0, 0.05) is 23.1 Å². The first-order valence-corrected chi connectivity index (χ1v) is 16.4. The number of anilines is 1. The summed E-state index contributed by atoms with van der Waals surface area (Å²) < 4.78 is 43.6. The molecule has 0 aromatic heterocycles. The normalized spacial score (nSPS) is 11.9. The highest BCUT2D eigenvalue weighted by molar-refractivity contribution is 14.1. The van der Waals surface area contributed by atoms with E-state index in [1.807, 2.05) is 37.3 Å². The molecule has 224 valence electrons. The van der Waals surface area contributed by atoms with Gasteiger partial charge in [-0.2, -0.15) is 0 Å². The van der Waals surface area contributed by atoms with Gasteiger partial charge < -0.3 is 10.2 Å². The van der Waals surface area contributed by atoms with Gasteiger partial charge in [0.15, 0.2) is 0 Å². The molecule has 0 fully saturated rings. The van der Waals surface area contributed by atoms with Gasteiger partial charge >= 0.3 is 0 Å². The molecule has 4 rings (SSSR count). The summed E-state index contributed by atoms with van der Waals surface area (Å²) in [6.07, 6.45) is 0.907. The number of sulfonamides is 1. The molecule has 0 aliphatic rings. The van der Waals surface area contributed by atoms with Crippen LogP contribution in [0.1, 0.15) is 24.5 Å². The second kappa shape index (κ2) is 15.1. The third-order valence-electron chi connectivity index (χ3n) is 6.81. The number of amides is 2. The molecule has 0 radical (unpaired) electrons. The Morgan fingerprint density at radius 2 is 1.44 bits per heavy atom. The molecule has 2 amide bonds. The van der Waals surface area contributed by atoms with Gasteiger partial charge in [-0.05, 0) is 88.7 Å². The van der Waals surface area contributed by atoms with Crippen LogP contribution < -0.4 is 9.62 Å². The van der Waals surface area contributed by atoms with E-state index in [0.29, 0.717) is 24.2 Å². The Bertz CT molecular complexity index is 1600. The number of nitrogens with zero attached hydrogens (tertiary/aromatic N) is 2. The maximum atomic E-state index is 14.3. The van der Waals surface area contributed by atoms with E-state index in [-0.39, 0.29) is 23.8 Å². The maximum Gasteiger partial charge on any atom is 0.264 e. The van der Waals surface area contributed by atoms with Gasteiger partial charge in [0.25, 0.3) is 10.0 Å². The van der Waals surface area contributed by atoms with Crippen LogP contribution in [0.25, 0.3) is 0 Å². The zero-order valence-corrected chi connectivity index (χ0v) is 26.7. The van der Waals surface area contributed by atoms with E-state index >= 15 is 0 Å². The van der Waals surface area contributed by atoms with E-state index in [2.05, 4.69) is 27.9 Å². The fourth-order valence-electron chi connectivity index (χ4n) is 4.56. The van der Waals surface area contributed by atoms with Crippen LogP contribution in [0.3, 0.4) is 0 Å². The predicted octanol–water partition coefficient (Wildman–Crippen LogP) is 5.79. The number of hydrogen-bond donors (Lipinski definition) is 1. The molecule has 1 N–H and O–H groups in total. The van der Waals surface area contributed by atoms with Crippen molar-refractivity contribution in [1.82, 2.24) is 10.2 Å². The van der Waals surface area contributed by atoms with Crippen molar-refractivity contribution in [3.05, 3.63) is 130 Å². The van der Waals surface area contributed by atoms with E-state index in [9.17, 15) is 22.4 Å². The van der Waals surface area contributed by atoms with E-state index < -0.39 is 34.3 Å². The first-order valence-electron chi connectivity index (χ1n) is 13.9. The van der Waals surface area contributed by atoms with Crippen molar-refractivity contribution in [2.24, 2.45) is 0 Å². The quantitative estimate of drug-likeness (QED) is 0.178. The SMILES string of the molecule is CCCNC(=O)[C@H](Cc1ccccc1)N(Cc1ccc(F)cc1)C(=O)CN(c1ccc(I)cc1)S(=O)(=O)c1ccccc1. The molecule has 1 atom stereocenters. The average molecular weight is 714 g/mol. The summed E-state index contributed by atoms with van der Waals surface area (Å²) in [6, 6.07) is 28.8. The monoisotopic (exact) mass is 713 g/mol. The number of nitrogens with one attached hydrogen (secondary N) is 1. The van der Waals surface area contributed by atoms with Crippen LogP contribution in [0.5, 0.6) is 0 Å². The second-order valence-electron chi connectivity index (χ2n) is 9.95. The summed E-state index contributed by atoms with van der Waals surface area (Å²) in [6.45, 7) is 1.77. The molecular weight excluding hydrogens is 680 g/mol. The van der Waals surface area contributed by atoms with Crippen LogP contribution in [0.2, 0.25) is 0 Å². The van der Waals surface area contributed by atoms with Crippen LogP contribution in [0.15, 0.2) is 114 Å². The second-order valence-corrected chi connectivity index (χ2v) is 13.1. The molecule has 7 nitrogen and oxygen atoms in total. The summed E-state index contributed by atoms with van der Waals surface area (Å²) in [7, 11) is -4.16. The minimum Gasteiger partial charge on any atom is -0.354 e. The van der Waals surface area contributed by atoms with Gasteiger partial charge in [0.05, 0.1) is 10.6 Å². The Morgan fingerprint density at radius 3 is 2.05 bits per heavy atom. The van der Waals surface area contributed by atoms with Crippen molar-refractivity contribution in [3.8, 4) is 0 Å². The topological polar surface area (TPSA) is 86.8 Å². The first kappa shape index (κ1) is 32.2. The molecule has 4 aromatic rings. The van der Waals surface area contributed by atoms with Crippen LogP contribution >= 0.6 is 22.6 Å². The molecule has 0 aliphatic carbocycles. The minimum atomic E-state index is -4.16. The molecule has 0 heterocycles. The maximum absolute atomic E-state index is 14.3. The number of carbonyl (C=O) groups excluding carboxylic acids is 2. The Balaban J connectivity index is 1.78. The number of carbonyl (C=O) groups is 2. The zero-order chi connectivity index (χ0) is 30.8. The van der Waals surface area contributed by atoms with E-state index in [4.69, 9.17) is 0 Å². The third-order valence-corrected chi connectivity index (χ3v) is 9.32. The summed E-state index contributed by atoms with van der Waals surface area (Å²) in [5.41, 5.74) is 1.75. The lowest BCUT2D eigenvalue weighted by Gasteiger charge is -2.34. The van der Waals surface area contributed by atoms with Gasteiger partial charge in [-0.15, -0.1) is 0 Å². The molecule has 43 heavy (non-hydrogen) atoms. The molecule has 0 saturated carbocycles. The van der Waals surface area contributed by atoms with Crippen molar-refractivity contribution in [2.75, 3.05) is 17.4 Å². The number of halogens is 2. The molecule has 0 spiro atoms. The largest absolute Gasteiger partial charge is 0.354 e. The standard InChI is InChI=1S/C33H33FIN3O4S/c1-2-21-36-33(40)31(22-25-9-5-3-6-10-25)37(23-26-13-15-27(34)16-14-26)32(39)24-38(29-19-17-28(35)18-20-29)43(41,42)30-11-7-4-8-12-30/h3-20,31H,2,21-24H2,1H3,(H,36,40)/t31-/m0/s1. The fraction of sp³-hybridized carbons (Fsp3) is 0.212. The van der Waals surface area contributed by atoms with Crippen molar-refractivity contribution in [2.45, 2.75) is 37.2 Å². The smallest absolute Gasteiger partial charge is 0.264 e. The van der Waals surface area contributed by atoms with Gasteiger partial charge in [-0.25, -0.2) is 12.8 Å². The Kier molecular flexibility index (Phi) is 11.3. The molecular formula is C33H33FIN3O4S. The van der Waals surface area contributed by atoms with Gasteiger partial charge in [0.2, 0.25) is 11.8 Å². The van der Waals surface area contributed by atoms with E-state index in [1.165, 1.54) is 29.2 Å². The van der Waals surface area contributed by atoms with Crippen LogP contribution in [0.4, 0.5) is 10.1 Å². The zero-order valence-electron chi connectivity index (χ0n) is 23.7. The van der Waals surface area contributed by atoms with Crippen LogP contribution in [-0.4, -0.2) is 44.3 Å². The summed E-state index contributed by atoms with van der Waals surface area (Å²) in [5.74, 6) is -1.36. The molecule has 0 aliphatic heterocycles. The molecule has 10 heteroatoms. The lowest BCUT2D eigenvalue weighted by atomic mass is 10.0. The first-order chi connectivity index (χ1) is 20.7. The van der Waals surface area contributed by atoms with Crippen LogP contribution in [-0.2, 0) is 32.6 Å². The van der Waals surface area contributed by atoms with Gasteiger partial charge in [0.1, 0.15) is 18.4 Å². The highest BCUT2D eigenvalue weighted by Gasteiger charge is 2.34. The van der Waals surface area contributed by atoms with Gasteiger partial charge in [-0.3, -0.25) is 13.9 Å². The van der Waals surface area contributed by atoms with E-state index in [0.717, 1.165) is 13.4 Å². The minimum absolute atomic E-state index is 0.0257. The van der Waals surface area contributed by atoms with Crippen molar-refractivity contribution in [1.29, 1.82) is 0 Å². The number of benzene rings is 4. The third kappa shape index (κ3) is 8.64. The Morgan fingerprint density at radius 1 is 0.837 bits per heavy atom. The summed E-state index contributed by atoms with van der Waals surface area (Å²) in [5, 5.41) is 2.90. The lowest BCUT2D eigenvalue weighted by Crippen LogP contribution is -2.53. The summed E-state index contributed by atoms with van der Waals surface area (Å²) >= 11 is 2.13. The molecule has 0 unspecified atom stereocenters. The average Bonchev–Trinajstić information content (AvgIpc) is 3.02. The van der Waals surface area contributed by atoms with Crippen molar-refractivity contribution >= 4 is 50.1 Å². The van der Waals surface area contributed by atoms with Crippen molar-refractivity contribution in [3.63, 3.8) is 0 Å². The predicted molar refractivity (Wildman–Crippen MR) is 174 cm³/mol.